The fourth-order valence-corrected chi connectivity index (χ4v) is 3.93. The molecule has 3 aromatic rings. The molecular weight excluding hydrogens is 402 g/mol. The lowest BCUT2D eigenvalue weighted by molar-refractivity contribution is -0.132. The molecule has 32 heavy (non-hydrogen) atoms. The molecule has 0 saturated heterocycles. The molecule has 3 amide bonds. The number of nitrogens with zero attached hydrogens (tertiary/aromatic N) is 3. The lowest BCUT2D eigenvalue weighted by Gasteiger charge is -2.24. The summed E-state index contributed by atoms with van der Waals surface area (Å²) >= 11 is 0. The Bertz CT molecular complexity index is 1110. The monoisotopic (exact) mass is 427 g/mol. The second-order valence-corrected chi connectivity index (χ2v) is 7.95. The highest BCUT2D eigenvalue weighted by atomic mass is 16.2. The standard InChI is InChI=1S/C26H25N3O3/c1-19-8-2-3-10-21(19)18-28(17-20-9-6-14-27-16-20)24(30)13-7-15-29-25(31)22-11-4-5-12-23(22)26(29)32/h2-6,8-12,14,16H,7,13,15,17-18H2,1H3. The van der Waals surface area contributed by atoms with Crippen LogP contribution in [0.4, 0.5) is 0 Å². The summed E-state index contributed by atoms with van der Waals surface area (Å²) in [7, 11) is 0. The lowest BCUT2D eigenvalue weighted by Crippen LogP contribution is -2.33. The Hall–Kier alpha value is -3.80. The van der Waals surface area contributed by atoms with Gasteiger partial charge in [-0.1, -0.05) is 42.5 Å². The molecule has 162 valence electrons. The molecule has 0 unspecified atom stereocenters. The summed E-state index contributed by atoms with van der Waals surface area (Å²) in [6, 6.07) is 18.6. The number of pyridine rings is 1. The van der Waals surface area contributed by atoms with Crippen molar-refractivity contribution < 1.29 is 14.4 Å². The van der Waals surface area contributed by atoms with Crippen LogP contribution in [0.5, 0.6) is 0 Å². The minimum atomic E-state index is -0.287. The van der Waals surface area contributed by atoms with E-state index < -0.39 is 0 Å². The normalized spacial score (nSPS) is 12.7. The molecule has 0 N–H and O–H groups in total. The number of imide groups is 1. The lowest BCUT2D eigenvalue weighted by atomic mass is 10.1. The first-order valence-electron chi connectivity index (χ1n) is 10.7. The van der Waals surface area contributed by atoms with Crippen LogP contribution in [0, 0.1) is 6.92 Å². The van der Waals surface area contributed by atoms with Gasteiger partial charge >= 0.3 is 0 Å². The van der Waals surface area contributed by atoms with Gasteiger partial charge in [0.05, 0.1) is 11.1 Å². The minimum Gasteiger partial charge on any atom is -0.334 e. The van der Waals surface area contributed by atoms with Gasteiger partial charge in [-0.15, -0.1) is 0 Å². The van der Waals surface area contributed by atoms with Crippen LogP contribution in [0.1, 0.15) is 50.2 Å². The number of fused-ring (bicyclic) bond motifs is 1. The Kier molecular flexibility index (Phi) is 6.40. The number of hydrogen-bond donors (Lipinski definition) is 0. The molecule has 6 nitrogen and oxygen atoms in total. The van der Waals surface area contributed by atoms with Crippen molar-refractivity contribution in [2.24, 2.45) is 0 Å². The highest BCUT2D eigenvalue weighted by molar-refractivity contribution is 6.21. The largest absolute Gasteiger partial charge is 0.334 e. The first kappa shape index (κ1) is 21.4. The third-order valence-corrected chi connectivity index (χ3v) is 5.72. The second kappa shape index (κ2) is 9.56. The smallest absolute Gasteiger partial charge is 0.261 e. The third kappa shape index (κ3) is 4.59. The Morgan fingerprint density at radius 3 is 2.25 bits per heavy atom. The fourth-order valence-electron chi connectivity index (χ4n) is 3.93. The van der Waals surface area contributed by atoms with Crippen molar-refractivity contribution in [3.8, 4) is 0 Å². The van der Waals surface area contributed by atoms with E-state index >= 15 is 0 Å². The molecule has 1 aromatic heterocycles. The van der Waals surface area contributed by atoms with E-state index in [1.165, 1.54) is 4.90 Å². The van der Waals surface area contributed by atoms with Crippen molar-refractivity contribution in [1.29, 1.82) is 0 Å². The topological polar surface area (TPSA) is 70.6 Å². The Balaban J connectivity index is 1.41. The highest BCUT2D eigenvalue weighted by Crippen LogP contribution is 2.23. The van der Waals surface area contributed by atoms with Crippen LogP contribution in [0.3, 0.4) is 0 Å². The quantitative estimate of drug-likeness (QED) is 0.510. The number of aryl methyl sites for hydroxylation is 1. The molecule has 0 spiro atoms. The average molecular weight is 428 g/mol. The van der Waals surface area contributed by atoms with Crippen molar-refractivity contribution in [2.45, 2.75) is 32.9 Å². The summed E-state index contributed by atoms with van der Waals surface area (Å²) < 4.78 is 0. The summed E-state index contributed by atoms with van der Waals surface area (Å²) in [6.45, 7) is 3.20. The molecule has 0 bridgehead atoms. The summed E-state index contributed by atoms with van der Waals surface area (Å²) in [6.07, 6.45) is 4.14. The van der Waals surface area contributed by atoms with Gasteiger partial charge in [-0.05, 0) is 48.2 Å². The van der Waals surface area contributed by atoms with Crippen molar-refractivity contribution in [1.82, 2.24) is 14.8 Å². The van der Waals surface area contributed by atoms with Gasteiger partial charge in [0.1, 0.15) is 0 Å². The van der Waals surface area contributed by atoms with E-state index in [0.29, 0.717) is 30.6 Å². The Labute approximate surface area is 187 Å². The number of benzene rings is 2. The predicted octanol–water partition coefficient (Wildman–Crippen LogP) is 4.00. The summed E-state index contributed by atoms with van der Waals surface area (Å²) in [5.41, 5.74) is 4.03. The van der Waals surface area contributed by atoms with Crippen LogP contribution in [0.2, 0.25) is 0 Å². The summed E-state index contributed by atoms with van der Waals surface area (Å²) in [4.78, 5) is 45.4. The molecule has 0 aliphatic carbocycles. The van der Waals surface area contributed by atoms with Gasteiger partial charge in [-0.2, -0.15) is 0 Å². The molecule has 1 aliphatic heterocycles. The first-order valence-corrected chi connectivity index (χ1v) is 10.7. The SMILES string of the molecule is Cc1ccccc1CN(Cc1cccnc1)C(=O)CCCN1C(=O)c2ccccc2C1=O. The maximum atomic E-state index is 13.1. The van der Waals surface area contributed by atoms with Crippen LogP contribution >= 0.6 is 0 Å². The Morgan fingerprint density at radius 2 is 1.59 bits per heavy atom. The van der Waals surface area contributed by atoms with Crippen LogP contribution in [0.15, 0.2) is 73.1 Å². The molecule has 4 rings (SSSR count). The number of hydrogen-bond acceptors (Lipinski definition) is 4. The second-order valence-electron chi connectivity index (χ2n) is 7.95. The number of aromatic nitrogens is 1. The van der Waals surface area contributed by atoms with E-state index in [0.717, 1.165) is 16.7 Å². The zero-order valence-corrected chi connectivity index (χ0v) is 18.0. The number of rotatable bonds is 8. The zero-order chi connectivity index (χ0) is 22.5. The van der Waals surface area contributed by atoms with E-state index in [4.69, 9.17) is 0 Å². The maximum absolute atomic E-state index is 13.1. The molecule has 0 atom stereocenters. The van der Waals surface area contributed by atoms with Crippen LogP contribution in [-0.2, 0) is 17.9 Å². The van der Waals surface area contributed by atoms with Crippen molar-refractivity contribution in [2.75, 3.05) is 6.54 Å². The van der Waals surface area contributed by atoms with E-state index in [-0.39, 0.29) is 30.7 Å². The van der Waals surface area contributed by atoms with Gasteiger partial charge in [0.15, 0.2) is 0 Å². The van der Waals surface area contributed by atoms with E-state index in [9.17, 15) is 14.4 Å². The van der Waals surface area contributed by atoms with Gasteiger partial charge < -0.3 is 4.90 Å². The molecule has 1 aliphatic rings. The maximum Gasteiger partial charge on any atom is 0.261 e. The van der Waals surface area contributed by atoms with Crippen molar-refractivity contribution in [3.63, 3.8) is 0 Å². The summed E-state index contributed by atoms with van der Waals surface area (Å²) in [5, 5.41) is 0. The molecule has 2 aromatic carbocycles. The van der Waals surface area contributed by atoms with E-state index in [2.05, 4.69) is 4.98 Å². The van der Waals surface area contributed by atoms with Crippen LogP contribution in [0.25, 0.3) is 0 Å². The molecule has 6 heteroatoms. The van der Waals surface area contributed by atoms with E-state index in [1.54, 1.807) is 36.7 Å². The van der Waals surface area contributed by atoms with Crippen LogP contribution in [-0.4, -0.2) is 39.1 Å². The predicted molar refractivity (Wildman–Crippen MR) is 121 cm³/mol. The number of carbonyl (C=O) groups is 3. The van der Waals surface area contributed by atoms with Gasteiger partial charge in [-0.3, -0.25) is 24.3 Å². The van der Waals surface area contributed by atoms with Gasteiger partial charge in [0.25, 0.3) is 11.8 Å². The fraction of sp³-hybridized carbons (Fsp3) is 0.231. The average Bonchev–Trinajstić information content (AvgIpc) is 3.05. The van der Waals surface area contributed by atoms with Crippen molar-refractivity contribution >= 4 is 17.7 Å². The molecule has 0 fully saturated rings. The van der Waals surface area contributed by atoms with Crippen molar-refractivity contribution in [3.05, 3.63) is 101 Å². The third-order valence-electron chi connectivity index (χ3n) is 5.72. The van der Waals surface area contributed by atoms with Gasteiger partial charge in [-0.25, -0.2) is 0 Å². The minimum absolute atomic E-state index is 0.0197. The number of amides is 3. The summed E-state index contributed by atoms with van der Waals surface area (Å²) in [5.74, 6) is -0.593. The molecule has 0 saturated carbocycles. The van der Waals surface area contributed by atoms with E-state index in [1.807, 2.05) is 48.2 Å². The van der Waals surface area contributed by atoms with Crippen LogP contribution < -0.4 is 0 Å². The highest BCUT2D eigenvalue weighted by Gasteiger charge is 2.34. The first-order chi connectivity index (χ1) is 15.5. The number of carbonyl (C=O) groups excluding carboxylic acids is 3. The molecular formula is C26H25N3O3. The molecule has 2 heterocycles. The van der Waals surface area contributed by atoms with Gasteiger partial charge in [0, 0.05) is 38.4 Å². The Morgan fingerprint density at radius 1 is 0.906 bits per heavy atom. The molecule has 0 radical (unpaired) electrons. The van der Waals surface area contributed by atoms with Gasteiger partial charge in [0.2, 0.25) is 5.91 Å². The zero-order valence-electron chi connectivity index (χ0n) is 18.0.